The van der Waals surface area contributed by atoms with Gasteiger partial charge in [0.05, 0.1) is 6.61 Å². The molecular formula is C15H17F3N2O4. The number of hydrogen-bond acceptors (Lipinski definition) is 4. The molecule has 6 nitrogen and oxygen atoms in total. The number of alkyl halides is 3. The number of halogens is 3. The molecule has 0 aliphatic rings. The van der Waals surface area contributed by atoms with Crippen molar-refractivity contribution in [3.05, 3.63) is 36.0 Å². The second kappa shape index (κ2) is 8.34. The summed E-state index contributed by atoms with van der Waals surface area (Å²) in [6, 6.07) is 7.34. The summed E-state index contributed by atoms with van der Waals surface area (Å²) in [5.74, 6) is -3.11. The Morgan fingerprint density at radius 1 is 1.33 bits per heavy atom. The topological polar surface area (TPSA) is 105 Å². The van der Waals surface area contributed by atoms with Gasteiger partial charge in [0.1, 0.15) is 6.04 Å². The summed E-state index contributed by atoms with van der Waals surface area (Å²) >= 11 is 0. The summed E-state index contributed by atoms with van der Waals surface area (Å²) in [7, 11) is 0. The molecule has 1 aromatic heterocycles. The Hall–Kier alpha value is -2.55. The van der Waals surface area contributed by atoms with Gasteiger partial charge in [0.15, 0.2) is 0 Å². The number of carbonyl (C=O) groups excluding carboxylic acids is 1. The van der Waals surface area contributed by atoms with E-state index in [-0.39, 0.29) is 5.97 Å². The molecule has 0 saturated heterocycles. The number of nitrogens with one attached hydrogen (secondary N) is 1. The van der Waals surface area contributed by atoms with Crippen LogP contribution in [0.15, 0.2) is 30.5 Å². The van der Waals surface area contributed by atoms with Gasteiger partial charge >= 0.3 is 18.1 Å². The Morgan fingerprint density at radius 2 is 1.92 bits per heavy atom. The number of carbonyl (C=O) groups is 2. The third-order valence-corrected chi connectivity index (χ3v) is 2.95. The molecule has 0 aliphatic carbocycles. The molecule has 1 atom stereocenters. The van der Waals surface area contributed by atoms with Crippen LogP contribution in [0, 0.1) is 0 Å². The Labute approximate surface area is 135 Å². The van der Waals surface area contributed by atoms with E-state index in [0.717, 1.165) is 16.5 Å². The van der Waals surface area contributed by atoms with Gasteiger partial charge in [0.25, 0.3) is 0 Å². The molecule has 0 spiro atoms. The maximum Gasteiger partial charge on any atom is 0.490 e. The van der Waals surface area contributed by atoms with E-state index in [1.807, 2.05) is 30.5 Å². The zero-order valence-electron chi connectivity index (χ0n) is 12.8. The van der Waals surface area contributed by atoms with E-state index < -0.39 is 18.2 Å². The van der Waals surface area contributed by atoms with Crippen LogP contribution in [0.25, 0.3) is 10.9 Å². The second-order valence-electron chi connectivity index (χ2n) is 4.73. The number of hydrogen-bond donors (Lipinski definition) is 3. The number of ether oxygens (including phenoxy) is 1. The zero-order valence-corrected chi connectivity index (χ0v) is 12.8. The first-order valence-electron chi connectivity index (χ1n) is 6.94. The summed E-state index contributed by atoms with van der Waals surface area (Å²) in [6.45, 7) is 2.14. The molecule has 2 aromatic rings. The van der Waals surface area contributed by atoms with Crippen molar-refractivity contribution in [2.45, 2.75) is 25.6 Å². The summed E-state index contributed by atoms with van der Waals surface area (Å²) in [4.78, 5) is 23.5. The molecule has 0 saturated carbocycles. The number of fused-ring (bicyclic) bond motifs is 1. The number of carboxylic acid groups (broad SMARTS) is 1. The smallest absolute Gasteiger partial charge is 0.475 e. The molecule has 4 N–H and O–H groups in total. The number of aliphatic carboxylic acids is 1. The van der Waals surface area contributed by atoms with Gasteiger partial charge in [-0.05, 0) is 18.6 Å². The van der Waals surface area contributed by atoms with Crippen molar-refractivity contribution >= 4 is 22.8 Å². The first-order chi connectivity index (χ1) is 11.2. The SMILES string of the molecule is CCOC(=O)[C@@H](N)Cc1c[nH]c2ccccc12.O=C(O)C(F)(F)F. The average molecular weight is 346 g/mol. The van der Waals surface area contributed by atoms with Crippen LogP contribution in [0.2, 0.25) is 0 Å². The van der Waals surface area contributed by atoms with Crippen LogP contribution < -0.4 is 5.73 Å². The predicted octanol–water partition coefficient (Wildman–Crippen LogP) is 2.23. The number of benzene rings is 1. The van der Waals surface area contributed by atoms with E-state index in [1.54, 1.807) is 6.92 Å². The lowest BCUT2D eigenvalue weighted by molar-refractivity contribution is -0.192. The fourth-order valence-electron chi connectivity index (χ4n) is 1.87. The van der Waals surface area contributed by atoms with Gasteiger partial charge in [0, 0.05) is 23.5 Å². The van der Waals surface area contributed by atoms with Crippen molar-refractivity contribution in [3.8, 4) is 0 Å². The number of para-hydroxylation sites is 1. The molecule has 132 valence electrons. The summed E-state index contributed by atoms with van der Waals surface area (Å²) in [5, 5.41) is 8.23. The number of nitrogens with two attached hydrogens (primary N) is 1. The normalized spacial score (nSPS) is 12.2. The van der Waals surface area contributed by atoms with Crippen molar-refractivity contribution in [3.63, 3.8) is 0 Å². The Balaban J connectivity index is 0.000000351. The monoisotopic (exact) mass is 346 g/mol. The van der Waals surface area contributed by atoms with Crippen LogP contribution in [0.3, 0.4) is 0 Å². The van der Waals surface area contributed by atoms with E-state index >= 15 is 0 Å². The van der Waals surface area contributed by atoms with Crippen molar-refractivity contribution in [2.24, 2.45) is 5.73 Å². The lowest BCUT2D eigenvalue weighted by Gasteiger charge is -2.09. The fourth-order valence-corrected chi connectivity index (χ4v) is 1.87. The average Bonchev–Trinajstić information content (AvgIpc) is 2.90. The number of carboxylic acids is 1. The molecule has 0 unspecified atom stereocenters. The van der Waals surface area contributed by atoms with Crippen LogP contribution in [0.1, 0.15) is 12.5 Å². The maximum atomic E-state index is 11.4. The van der Waals surface area contributed by atoms with Gasteiger partial charge in [-0.25, -0.2) is 4.79 Å². The highest BCUT2D eigenvalue weighted by Gasteiger charge is 2.38. The fraction of sp³-hybridized carbons (Fsp3) is 0.333. The van der Waals surface area contributed by atoms with E-state index in [4.69, 9.17) is 20.4 Å². The van der Waals surface area contributed by atoms with Crippen LogP contribution in [0.5, 0.6) is 0 Å². The van der Waals surface area contributed by atoms with Crippen molar-refractivity contribution in [1.82, 2.24) is 4.98 Å². The lowest BCUT2D eigenvalue weighted by Crippen LogP contribution is -2.34. The lowest BCUT2D eigenvalue weighted by atomic mass is 10.1. The molecule has 0 aliphatic heterocycles. The van der Waals surface area contributed by atoms with Crippen molar-refractivity contribution in [1.29, 1.82) is 0 Å². The van der Waals surface area contributed by atoms with Gasteiger partial charge in [-0.15, -0.1) is 0 Å². The highest BCUT2D eigenvalue weighted by molar-refractivity contribution is 5.84. The molecular weight excluding hydrogens is 329 g/mol. The van der Waals surface area contributed by atoms with Gasteiger partial charge in [-0.1, -0.05) is 18.2 Å². The third kappa shape index (κ3) is 5.58. The summed E-state index contributed by atoms with van der Waals surface area (Å²) < 4.78 is 36.6. The number of esters is 1. The second-order valence-corrected chi connectivity index (χ2v) is 4.73. The minimum absolute atomic E-state index is 0.349. The molecule has 0 radical (unpaired) electrons. The van der Waals surface area contributed by atoms with Gasteiger partial charge in [-0.2, -0.15) is 13.2 Å². The number of aromatic nitrogens is 1. The minimum Gasteiger partial charge on any atom is -0.475 e. The van der Waals surface area contributed by atoms with E-state index in [9.17, 15) is 18.0 Å². The first kappa shape index (κ1) is 19.5. The van der Waals surface area contributed by atoms with Crippen LogP contribution in [-0.4, -0.2) is 40.9 Å². The minimum atomic E-state index is -5.08. The third-order valence-electron chi connectivity index (χ3n) is 2.95. The van der Waals surface area contributed by atoms with Gasteiger partial charge in [0.2, 0.25) is 0 Å². The van der Waals surface area contributed by atoms with Crippen LogP contribution in [-0.2, 0) is 20.7 Å². The Kier molecular flexibility index (Phi) is 6.78. The van der Waals surface area contributed by atoms with E-state index in [1.165, 1.54) is 0 Å². The van der Waals surface area contributed by atoms with Crippen molar-refractivity contribution in [2.75, 3.05) is 6.61 Å². The molecule has 0 fully saturated rings. The first-order valence-corrected chi connectivity index (χ1v) is 6.94. The Morgan fingerprint density at radius 3 is 2.46 bits per heavy atom. The maximum absolute atomic E-state index is 11.4. The largest absolute Gasteiger partial charge is 0.490 e. The van der Waals surface area contributed by atoms with Crippen LogP contribution in [0.4, 0.5) is 13.2 Å². The van der Waals surface area contributed by atoms with Gasteiger partial charge < -0.3 is 20.6 Å². The molecule has 2 rings (SSSR count). The van der Waals surface area contributed by atoms with Crippen LogP contribution >= 0.6 is 0 Å². The highest BCUT2D eigenvalue weighted by atomic mass is 19.4. The Bertz CT molecular complexity index is 697. The quantitative estimate of drug-likeness (QED) is 0.736. The highest BCUT2D eigenvalue weighted by Crippen LogP contribution is 2.18. The van der Waals surface area contributed by atoms with Gasteiger partial charge in [-0.3, -0.25) is 4.79 Å². The van der Waals surface area contributed by atoms with E-state index in [2.05, 4.69) is 4.98 Å². The van der Waals surface area contributed by atoms with Crippen molar-refractivity contribution < 1.29 is 32.6 Å². The number of aromatic amines is 1. The molecule has 24 heavy (non-hydrogen) atoms. The molecule has 9 heteroatoms. The number of rotatable bonds is 4. The molecule has 1 aromatic carbocycles. The standard InChI is InChI=1S/C13H16N2O2.C2HF3O2/c1-2-17-13(16)11(14)7-9-8-15-12-6-4-3-5-10(9)12;3-2(4,5)1(6)7/h3-6,8,11,15H,2,7,14H2,1H3;(H,6,7)/t11-;/m0./s1. The summed E-state index contributed by atoms with van der Waals surface area (Å²) in [6.07, 6.45) is -2.70. The molecule has 0 amide bonds. The molecule has 1 heterocycles. The summed E-state index contributed by atoms with van der Waals surface area (Å²) in [5.41, 5.74) is 7.89. The zero-order chi connectivity index (χ0) is 18.3. The molecule has 0 bridgehead atoms. The number of H-pyrrole nitrogens is 1. The van der Waals surface area contributed by atoms with E-state index in [0.29, 0.717) is 13.0 Å². The predicted molar refractivity (Wildman–Crippen MR) is 80.3 cm³/mol.